The van der Waals surface area contributed by atoms with E-state index in [2.05, 4.69) is 12.2 Å². The van der Waals surface area contributed by atoms with Gasteiger partial charge in [0.15, 0.2) is 0 Å². The number of nitrogens with one attached hydrogen (secondary N) is 1. The van der Waals surface area contributed by atoms with Crippen molar-refractivity contribution < 1.29 is 19.4 Å². The third-order valence-electron chi connectivity index (χ3n) is 4.06. The minimum atomic E-state index is -1.00. The number of carboxylic acid groups (broad SMARTS) is 1. The number of carbonyl (C=O) groups excluding carboxylic acids is 1. The van der Waals surface area contributed by atoms with Crippen molar-refractivity contribution in [3.8, 4) is 5.75 Å². The Hall–Kier alpha value is -2.04. The predicted octanol–water partition coefficient (Wildman–Crippen LogP) is 2.41. The number of fused-ring (bicyclic) bond motifs is 1. The van der Waals surface area contributed by atoms with Gasteiger partial charge in [0.1, 0.15) is 11.9 Å². The van der Waals surface area contributed by atoms with E-state index in [1.807, 2.05) is 19.1 Å². The Morgan fingerprint density at radius 2 is 2.00 bits per heavy atom. The summed E-state index contributed by atoms with van der Waals surface area (Å²) in [5, 5.41) is 11.8. The highest BCUT2D eigenvalue weighted by atomic mass is 16.5. The quantitative estimate of drug-likeness (QED) is 0.893. The van der Waals surface area contributed by atoms with Crippen molar-refractivity contribution in [3.05, 3.63) is 29.3 Å². The first-order valence-corrected chi connectivity index (χ1v) is 7.05. The van der Waals surface area contributed by atoms with Crippen LogP contribution >= 0.6 is 0 Å². The van der Waals surface area contributed by atoms with Crippen LogP contribution in [0.4, 0.5) is 0 Å². The summed E-state index contributed by atoms with van der Waals surface area (Å²) in [6.07, 6.45) is 0.0319. The van der Waals surface area contributed by atoms with Gasteiger partial charge >= 0.3 is 5.97 Å². The number of carboxylic acids is 1. The number of benzene rings is 1. The van der Waals surface area contributed by atoms with E-state index in [9.17, 15) is 9.59 Å². The molecule has 5 heteroatoms. The summed E-state index contributed by atoms with van der Waals surface area (Å²) in [6.45, 7) is 7.25. The second kappa shape index (κ2) is 5.39. The minimum absolute atomic E-state index is 0.0319. The van der Waals surface area contributed by atoms with Crippen LogP contribution in [0.25, 0.3) is 0 Å². The van der Waals surface area contributed by atoms with E-state index in [1.54, 1.807) is 19.9 Å². The van der Waals surface area contributed by atoms with E-state index in [-0.39, 0.29) is 24.5 Å². The fourth-order valence-corrected chi connectivity index (χ4v) is 2.24. The zero-order chi connectivity index (χ0) is 15.8. The first-order chi connectivity index (χ1) is 9.74. The van der Waals surface area contributed by atoms with Gasteiger partial charge < -0.3 is 15.2 Å². The standard InChI is InChI=1S/C16H21NO4/c1-9-10(2)21-13-11(9)6-5-7-12(13)14(18)17-8-16(3,4)15(19)20/h5-7,9-10H,8H2,1-4H3,(H,17,18)(H,19,20). The van der Waals surface area contributed by atoms with E-state index >= 15 is 0 Å². The van der Waals surface area contributed by atoms with Gasteiger partial charge in [0.05, 0.1) is 11.0 Å². The third-order valence-corrected chi connectivity index (χ3v) is 4.06. The van der Waals surface area contributed by atoms with Crippen LogP contribution in [0.3, 0.4) is 0 Å². The van der Waals surface area contributed by atoms with Gasteiger partial charge in [-0.05, 0) is 26.8 Å². The van der Waals surface area contributed by atoms with Crippen molar-refractivity contribution in [2.45, 2.75) is 39.7 Å². The van der Waals surface area contributed by atoms with Gasteiger partial charge in [0.2, 0.25) is 0 Å². The Morgan fingerprint density at radius 3 is 2.62 bits per heavy atom. The molecule has 0 saturated heterocycles. The Labute approximate surface area is 124 Å². The molecule has 2 atom stereocenters. The van der Waals surface area contributed by atoms with Crippen molar-refractivity contribution in [3.63, 3.8) is 0 Å². The summed E-state index contributed by atoms with van der Waals surface area (Å²) in [5.74, 6) is -0.395. The fourth-order valence-electron chi connectivity index (χ4n) is 2.24. The van der Waals surface area contributed by atoms with Crippen molar-refractivity contribution in [1.82, 2.24) is 5.32 Å². The maximum absolute atomic E-state index is 12.3. The van der Waals surface area contributed by atoms with Crippen LogP contribution in [-0.2, 0) is 4.79 Å². The second-order valence-corrected chi connectivity index (χ2v) is 6.21. The molecule has 2 N–H and O–H groups in total. The molecule has 0 spiro atoms. The molecule has 1 aromatic rings. The van der Waals surface area contributed by atoms with E-state index in [4.69, 9.17) is 9.84 Å². The molecule has 1 amide bonds. The molecular formula is C16H21NO4. The normalized spacial score (nSPS) is 20.6. The Bertz CT molecular complexity index is 580. The van der Waals surface area contributed by atoms with Crippen molar-refractivity contribution in [2.24, 2.45) is 5.41 Å². The average Bonchev–Trinajstić information content (AvgIpc) is 2.72. The molecule has 2 unspecified atom stereocenters. The van der Waals surface area contributed by atoms with Gasteiger partial charge in [-0.2, -0.15) is 0 Å². The highest BCUT2D eigenvalue weighted by Gasteiger charge is 2.32. The molecule has 0 aliphatic carbocycles. The number of rotatable bonds is 4. The summed E-state index contributed by atoms with van der Waals surface area (Å²) in [4.78, 5) is 23.4. The second-order valence-electron chi connectivity index (χ2n) is 6.21. The van der Waals surface area contributed by atoms with E-state index < -0.39 is 11.4 Å². The molecule has 21 heavy (non-hydrogen) atoms. The molecule has 1 aliphatic rings. The molecular weight excluding hydrogens is 270 g/mol. The highest BCUT2D eigenvalue weighted by Crippen LogP contribution is 2.40. The van der Waals surface area contributed by atoms with Crippen LogP contribution in [0.1, 0.15) is 49.5 Å². The molecule has 1 aromatic carbocycles. The van der Waals surface area contributed by atoms with Crippen LogP contribution < -0.4 is 10.1 Å². The number of para-hydroxylation sites is 1. The lowest BCUT2D eigenvalue weighted by Crippen LogP contribution is -2.39. The van der Waals surface area contributed by atoms with Gasteiger partial charge in [0.25, 0.3) is 5.91 Å². The van der Waals surface area contributed by atoms with E-state index in [0.717, 1.165) is 5.56 Å². The van der Waals surface area contributed by atoms with Crippen molar-refractivity contribution in [1.29, 1.82) is 0 Å². The Kier molecular flexibility index (Phi) is 3.94. The van der Waals surface area contributed by atoms with Crippen LogP contribution in [0.15, 0.2) is 18.2 Å². The summed E-state index contributed by atoms with van der Waals surface area (Å²) < 4.78 is 5.77. The topological polar surface area (TPSA) is 75.6 Å². The third kappa shape index (κ3) is 2.86. The van der Waals surface area contributed by atoms with E-state index in [1.165, 1.54) is 0 Å². The fraction of sp³-hybridized carbons (Fsp3) is 0.500. The zero-order valence-corrected chi connectivity index (χ0v) is 12.8. The Balaban J connectivity index is 2.17. The van der Waals surface area contributed by atoms with Crippen molar-refractivity contribution >= 4 is 11.9 Å². The monoisotopic (exact) mass is 291 g/mol. The molecule has 5 nitrogen and oxygen atoms in total. The number of carbonyl (C=O) groups is 2. The molecule has 0 saturated carbocycles. The molecule has 1 aliphatic heterocycles. The van der Waals surface area contributed by atoms with Gasteiger partial charge in [-0.25, -0.2) is 0 Å². The first kappa shape index (κ1) is 15.4. The van der Waals surface area contributed by atoms with Gasteiger partial charge in [-0.1, -0.05) is 19.1 Å². The van der Waals surface area contributed by atoms with E-state index in [0.29, 0.717) is 11.3 Å². The maximum atomic E-state index is 12.3. The molecule has 0 aromatic heterocycles. The first-order valence-electron chi connectivity index (χ1n) is 7.05. The molecule has 114 valence electrons. The average molecular weight is 291 g/mol. The SMILES string of the molecule is CC1Oc2c(C(=O)NCC(C)(C)C(=O)O)cccc2C1C. The number of aliphatic carboxylic acids is 1. The van der Waals surface area contributed by atoms with Crippen LogP contribution in [0.2, 0.25) is 0 Å². The molecule has 0 radical (unpaired) electrons. The summed E-state index contributed by atoms with van der Waals surface area (Å²) in [6, 6.07) is 5.49. The smallest absolute Gasteiger partial charge is 0.310 e. The van der Waals surface area contributed by atoms with Crippen molar-refractivity contribution in [2.75, 3.05) is 6.54 Å². The number of hydrogen-bond acceptors (Lipinski definition) is 3. The van der Waals surface area contributed by atoms with Gasteiger partial charge in [-0.15, -0.1) is 0 Å². The maximum Gasteiger partial charge on any atom is 0.310 e. The van der Waals surface area contributed by atoms with Gasteiger partial charge in [0, 0.05) is 18.0 Å². The predicted molar refractivity (Wildman–Crippen MR) is 78.7 cm³/mol. The summed E-state index contributed by atoms with van der Waals surface area (Å²) in [5.41, 5.74) is 0.479. The summed E-state index contributed by atoms with van der Waals surface area (Å²) >= 11 is 0. The zero-order valence-electron chi connectivity index (χ0n) is 12.8. The molecule has 1 heterocycles. The molecule has 0 fully saturated rings. The lowest BCUT2D eigenvalue weighted by Gasteiger charge is -2.19. The Morgan fingerprint density at radius 1 is 1.33 bits per heavy atom. The number of amides is 1. The van der Waals surface area contributed by atoms with Crippen LogP contribution in [-0.4, -0.2) is 29.6 Å². The largest absolute Gasteiger partial charge is 0.489 e. The van der Waals surface area contributed by atoms with Crippen LogP contribution in [0, 0.1) is 5.41 Å². The number of ether oxygens (including phenoxy) is 1. The molecule has 2 rings (SSSR count). The van der Waals surface area contributed by atoms with Gasteiger partial charge in [-0.3, -0.25) is 9.59 Å². The summed E-state index contributed by atoms with van der Waals surface area (Å²) in [7, 11) is 0. The number of hydrogen-bond donors (Lipinski definition) is 2. The van der Waals surface area contributed by atoms with Crippen LogP contribution in [0.5, 0.6) is 5.75 Å². The highest BCUT2D eigenvalue weighted by molar-refractivity contribution is 5.98. The lowest BCUT2D eigenvalue weighted by molar-refractivity contribution is -0.146. The lowest BCUT2D eigenvalue weighted by atomic mass is 9.93. The molecule has 0 bridgehead atoms. The minimum Gasteiger partial charge on any atom is -0.489 e.